The van der Waals surface area contributed by atoms with Crippen molar-refractivity contribution in [3.8, 4) is 11.5 Å². The van der Waals surface area contributed by atoms with Crippen molar-refractivity contribution in [2.75, 3.05) is 38.4 Å². The number of methoxy groups -OCH3 is 2. The molecule has 35 heavy (non-hydrogen) atoms. The summed E-state index contributed by atoms with van der Waals surface area (Å²) in [6, 6.07) is 15.4. The van der Waals surface area contributed by atoms with Gasteiger partial charge in [-0.25, -0.2) is 8.42 Å². The molecular formula is C25H27N3O6S. The molecule has 0 radical (unpaired) electrons. The van der Waals surface area contributed by atoms with Gasteiger partial charge in [-0.05, 0) is 67.1 Å². The Morgan fingerprint density at radius 1 is 0.886 bits per heavy atom. The van der Waals surface area contributed by atoms with Crippen LogP contribution < -0.4 is 19.5 Å². The molecule has 0 bridgehead atoms. The highest BCUT2D eigenvalue weighted by Gasteiger charge is 2.20. The maximum absolute atomic E-state index is 13.1. The van der Waals surface area contributed by atoms with Gasteiger partial charge in [0.25, 0.3) is 21.8 Å². The Morgan fingerprint density at radius 2 is 1.57 bits per heavy atom. The number of anilines is 2. The smallest absolute Gasteiger partial charge is 0.261 e. The van der Waals surface area contributed by atoms with Gasteiger partial charge < -0.3 is 19.7 Å². The number of rotatable bonds is 8. The summed E-state index contributed by atoms with van der Waals surface area (Å²) < 4.78 is 38.8. The van der Waals surface area contributed by atoms with Gasteiger partial charge >= 0.3 is 0 Å². The highest BCUT2D eigenvalue weighted by molar-refractivity contribution is 7.92. The normalized spacial score (nSPS) is 10.9. The Kier molecular flexibility index (Phi) is 7.65. The van der Waals surface area contributed by atoms with Crippen molar-refractivity contribution in [2.45, 2.75) is 11.8 Å². The molecule has 0 aromatic heterocycles. The number of nitrogens with one attached hydrogen (secondary N) is 2. The molecule has 0 atom stereocenters. The van der Waals surface area contributed by atoms with Crippen LogP contribution in [-0.2, 0) is 10.0 Å². The van der Waals surface area contributed by atoms with Crippen LogP contribution in [0.2, 0.25) is 0 Å². The molecule has 0 aliphatic rings. The SMILES string of the molecule is COc1ccc(NS(=O)(=O)c2ccc(C)c(C(=O)Nc3cc(C(=O)N(C)C)ccc3OC)c2)cc1. The molecule has 0 saturated heterocycles. The Hall–Kier alpha value is -4.05. The molecule has 0 heterocycles. The summed E-state index contributed by atoms with van der Waals surface area (Å²) in [6.07, 6.45) is 0. The monoisotopic (exact) mass is 497 g/mol. The second-order valence-corrected chi connectivity index (χ2v) is 9.56. The zero-order valence-electron chi connectivity index (χ0n) is 20.1. The van der Waals surface area contributed by atoms with Gasteiger partial charge in [-0.3, -0.25) is 14.3 Å². The fourth-order valence-electron chi connectivity index (χ4n) is 3.27. The highest BCUT2D eigenvalue weighted by atomic mass is 32.2. The van der Waals surface area contributed by atoms with E-state index in [0.717, 1.165) is 0 Å². The van der Waals surface area contributed by atoms with Crippen LogP contribution in [0.4, 0.5) is 11.4 Å². The molecule has 3 rings (SSSR count). The van der Waals surface area contributed by atoms with Crippen molar-refractivity contribution < 1.29 is 27.5 Å². The number of sulfonamides is 1. The summed E-state index contributed by atoms with van der Waals surface area (Å²) in [4.78, 5) is 26.8. The molecule has 10 heteroatoms. The lowest BCUT2D eigenvalue weighted by Crippen LogP contribution is -2.22. The minimum absolute atomic E-state index is 0.0763. The molecule has 2 amide bonds. The quantitative estimate of drug-likeness (QED) is 0.490. The fraction of sp³-hybridized carbons (Fsp3) is 0.200. The molecule has 184 valence electrons. The van der Waals surface area contributed by atoms with Gasteiger partial charge in [-0.1, -0.05) is 6.07 Å². The number of carbonyl (C=O) groups excluding carboxylic acids is 2. The topological polar surface area (TPSA) is 114 Å². The van der Waals surface area contributed by atoms with Crippen LogP contribution in [0.25, 0.3) is 0 Å². The molecule has 0 spiro atoms. The van der Waals surface area contributed by atoms with Crippen molar-refractivity contribution in [3.63, 3.8) is 0 Å². The number of carbonyl (C=O) groups is 2. The molecule has 0 aliphatic carbocycles. The predicted molar refractivity (Wildman–Crippen MR) is 134 cm³/mol. The van der Waals surface area contributed by atoms with Crippen LogP contribution >= 0.6 is 0 Å². The van der Waals surface area contributed by atoms with Crippen LogP contribution in [0.1, 0.15) is 26.3 Å². The molecule has 0 saturated carbocycles. The van der Waals surface area contributed by atoms with Crippen LogP contribution in [0.3, 0.4) is 0 Å². The number of hydrogen-bond acceptors (Lipinski definition) is 6. The lowest BCUT2D eigenvalue weighted by atomic mass is 10.1. The summed E-state index contributed by atoms with van der Waals surface area (Å²) in [5, 5.41) is 2.73. The van der Waals surface area contributed by atoms with Crippen molar-refractivity contribution in [1.29, 1.82) is 0 Å². The third-order valence-electron chi connectivity index (χ3n) is 5.21. The number of benzene rings is 3. The first-order valence-electron chi connectivity index (χ1n) is 10.5. The number of nitrogens with zero attached hydrogens (tertiary/aromatic N) is 1. The van der Waals surface area contributed by atoms with E-state index in [2.05, 4.69) is 10.0 Å². The summed E-state index contributed by atoms with van der Waals surface area (Å²) in [5.74, 6) is 0.166. The van der Waals surface area contributed by atoms with Gasteiger partial charge in [0.2, 0.25) is 0 Å². The third-order valence-corrected chi connectivity index (χ3v) is 6.59. The summed E-state index contributed by atoms with van der Waals surface area (Å²) >= 11 is 0. The first kappa shape index (κ1) is 25.6. The second-order valence-electron chi connectivity index (χ2n) is 7.88. The molecule has 3 aromatic carbocycles. The number of ether oxygens (including phenoxy) is 2. The van der Waals surface area contributed by atoms with E-state index in [1.165, 1.54) is 37.3 Å². The van der Waals surface area contributed by atoms with E-state index in [9.17, 15) is 18.0 Å². The largest absolute Gasteiger partial charge is 0.497 e. The zero-order valence-corrected chi connectivity index (χ0v) is 20.9. The highest BCUT2D eigenvalue weighted by Crippen LogP contribution is 2.28. The first-order chi connectivity index (χ1) is 16.6. The molecule has 0 aliphatic heterocycles. The van der Waals surface area contributed by atoms with Crippen molar-refractivity contribution in [3.05, 3.63) is 77.4 Å². The van der Waals surface area contributed by atoms with E-state index in [-0.39, 0.29) is 22.1 Å². The zero-order chi connectivity index (χ0) is 25.8. The Balaban J connectivity index is 1.90. The van der Waals surface area contributed by atoms with Crippen LogP contribution in [-0.4, -0.2) is 53.4 Å². The fourth-order valence-corrected chi connectivity index (χ4v) is 4.36. The molecule has 3 aromatic rings. The van der Waals surface area contributed by atoms with E-state index in [1.807, 2.05) is 0 Å². The van der Waals surface area contributed by atoms with E-state index < -0.39 is 15.9 Å². The lowest BCUT2D eigenvalue weighted by Gasteiger charge is -2.15. The predicted octanol–water partition coefficient (Wildman–Crippen LogP) is 3.77. The minimum Gasteiger partial charge on any atom is -0.497 e. The van der Waals surface area contributed by atoms with Crippen LogP contribution in [0, 0.1) is 6.92 Å². The maximum atomic E-state index is 13.1. The van der Waals surface area contributed by atoms with E-state index >= 15 is 0 Å². The second kappa shape index (κ2) is 10.5. The standard InChI is InChI=1S/C25H27N3O6S/c1-16-6-12-20(35(31,32)27-18-8-10-19(33-4)11-9-18)15-21(16)24(29)26-22-14-17(25(30)28(2)3)7-13-23(22)34-5/h6-15,27H,1-5H3,(H,26,29). The average Bonchev–Trinajstić information content (AvgIpc) is 2.83. The summed E-state index contributed by atoms with van der Waals surface area (Å²) in [7, 11) is 2.25. The van der Waals surface area contributed by atoms with Crippen LogP contribution in [0.5, 0.6) is 11.5 Å². The van der Waals surface area contributed by atoms with E-state index in [0.29, 0.717) is 28.3 Å². The Labute approximate surface area is 204 Å². The molecule has 0 fully saturated rings. The van der Waals surface area contributed by atoms with Gasteiger partial charge in [0, 0.05) is 30.9 Å². The third kappa shape index (κ3) is 5.90. The maximum Gasteiger partial charge on any atom is 0.261 e. The number of hydrogen-bond donors (Lipinski definition) is 2. The Bertz CT molecular complexity index is 1350. The van der Waals surface area contributed by atoms with Crippen molar-refractivity contribution >= 4 is 33.2 Å². The van der Waals surface area contributed by atoms with Crippen molar-refractivity contribution in [2.24, 2.45) is 0 Å². The molecule has 9 nitrogen and oxygen atoms in total. The summed E-state index contributed by atoms with van der Waals surface area (Å²) in [5.41, 5.74) is 1.74. The van der Waals surface area contributed by atoms with Crippen LogP contribution in [0.15, 0.2) is 65.6 Å². The summed E-state index contributed by atoms with van der Waals surface area (Å²) in [6.45, 7) is 1.70. The molecular weight excluding hydrogens is 470 g/mol. The minimum atomic E-state index is -3.96. The molecule has 0 unspecified atom stereocenters. The van der Waals surface area contributed by atoms with Gasteiger partial charge in [0.05, 0.1) is 24.8 Å². The van der Waals surface area contributed by atoms with Gasteiger partial charge in [-0.2, -0.15) is 0 Å². The van der Waals surface area contributed by atoms with E-state index in [1.54, 1.807) is 63.5 Å². The van der Waals surface area contributed by atoms with Crippen molar-refractivity contribution in [1.82, 2.24) is 4.90 Å². The first-order valence-corrected chi connectivity index (χ1v) is 12.0. The van der Waals surface area contributed by atoms with Gasteiger partial charge in [0.1, 0.15) is 11.5 Å². The lowest BCUT2D eigenvalue weighted by molar-refractivity contribution is 0.0827. The van der Waals surface area contributed by atoms with Gasteiger partial charge in [-0.15, -0.1) is 0 Å². The Morgan fingerprint density at radius 3 is 2.17 bits per heavy atom. The van der Waals surface area contributed by atoms with E-state index in [4.69, 9.17) is 9.47 Å². The number of amides is 2. The average molecular weight is 498 g/mol. The number of aryl methyl sites for hydroxylation is 1. The molecule has 2 N–H and O–H groups in total. The van der Waals surface area contributed by atoms with Gasteiger partial charge in [0.15, 0.2) is 0 Å².